The van der Waals surface area contributed by atoms with Crippen molar-refractivity contribution in [2.75, 3.05) is 13.2 Å². The van der Waals surface area contributed by atoms with E-state index in [1.807, 2.05) is 13.0 Å². The van der Waals surface area contributed by atoms with Crippen LogP contribution >= 0.6 is 0 Å². The number of rotatable bonds is 3. The lowest BCUT2D eigenvalue weighted by molar-refractivity contribution is 0.0233. The molecule has 1 aliphatic rings. The first-order chi connectivity index (χ1) is 7.81. The van der Waals surface area contributed by atoms with Gasteiger partial charge in [0.05, 0.1) is 13.2 Å². The Bertz CT molecular complexity index is 349. The monoisotopic (exact) mass is 222 g/mol. The number of hydrogen-bond acceptors (Lipinski definition) is 4. The summed E-state index contributed by atoms with van der Waals surface area (Å²) in [7, 11) is 0. The molecule has 1 saturated heterocycles. The van der Waals surface area contributed by atoms with E-state index in [1.165, 1.54) is 0 Å². The van der Waals surface area contributed by atoms with Crippen LogP contribution < -0.4 is 10.5 Å². The quantitative estimate of drug-likeness (QED) is 0.840. The van der Waals surface area contributed by atoms with Crippen LogP contribution in [-0.2, 0) is 11.3 Å². The molecule has 1 aromatic heterocycles. The van der Waals surface area contributed by atoms with E-state index in [2.05, 4.69) is 4.98 Å². The Kier molecular flexibility index (Phi) is 3.74. The fourth-order valence-corrected chi connectivity index (χ4v) is 1.87. The van der Waals surface area contributed by atoms with Crippen LogP contribution in [0.25, 0.3) is 0 Å². The van der Waals surface area contributed by atoms with Gasteiger partial charge in [-0.15, -0.1) is 0 Å². The lowest BCUT2D eigenvalue weighted by Gasteiger charge is -2.24. The first-order valence-electron chi connectivity index (χ1n) is 5.70. The highest BCUT2D eigenvalue weighted by atomic mass is 16.5. The summed E-state index contributed by atoms with van der Waals surface area (Å²) < 4.78 is 11.2. The van der Waals surface area contributed by atoms with Crippen molar-refractivity contribution in [1.82, 2.24) is 4.98 Å². The molecule has 1 aromatic rings. The van der Waals surface area contributed by atoms with Gasteiger partial charge in [-0.25, -0.2) is 4.98 Å². The molecule has 2 heterocycles. The van der Waals surface area contributed by atoms with Gasteiger partial charge in [-0.1, -0.05) is 0 Å². The van der Waals surface area contributed by atoms with Gasteiger partial charge in [-0.2, -0.15) is 0 Å². The van der Waals surface area contributed by atoms with Gasteiger partial charge in [0.2, 0.25) is 5.88 Å². The van der Waals surface area contributed by atoms with Crippen molar-refractivity contribution in [1.29, 1.82) is 0 Å². The van der Waals surface area contributed by atoms with Gasteiger partial charge in [0.25, 0.3) is 0 Å². The number of nitrogens with two attached hydrogens (primary N) is 1. The zero-order chi connectivity index (χ0) is 11.4. The van der Waals surface area contributed by atoms with Crippen LogP contribution in [0, 0.1) is 6.92 Å². The third-order valence-corrected chi connectivity index (χ3v) is 2.90. The summed E-state index contributed by atoms with van der Waals surface area (Å²) >= 11 is 0. The summed E-state index contributed by atoms with van der Waals surface area (Å²) in [6.07, 6.45) is 3.84. The minimum absolute atomic E-state index is 0.216. The minimum atomic E-state index is 0.216. The highest BCUT2D eigenvalue weighted by Crippen LogP contribution is 2.22. The molecule has 2 rings (SSSR count). The van der Waals surface area contributed by atoms with Gasteiger partial charge in [-0.3, -0.25) is 0 Å². The summed E-state index contributed by atoms with van der Waals surface area (Å²) in [4.78, 5) is 4.26. The number of hydrogen-bond donors (Lipinski definition) is 1. The predicted octanol–water partition coefficient (Wildman–Crippen LogP) is 1.41. The van der Waals surface area contributed by atoms with Gasteiger partial charge in [0.15, 0.2) is 0 Å². The molecule has 16 heavy (non-hydrogen) atoms. The summed E-state index contributed by atoms with van der Waals surface area (Å²) in [6, 6.07) is 1.96. The second-order valence-corrected chi connectivity index (χ2v) is 4.05. The molecule has 2 N–H and O–H groups in total. The second-order valence-electron chi connectivity index (χ2n) is 4.05. The van der Waals surface area contributed by atoms with E-state index >= 15 is 0 Å². The molecular weight excluding hydrogens is 204 g/mol. The Morgan fingerprint density at radius 3 is 2.94 bits per heavy atom. The largest absolute Gasteiger partial charge is 0.474 e. The Morgan fingerprint density at radius 1 is 1.50 bits per heavy atom. The van der Waals surface area contributed by atoms with Crippen LogP contribution in [0.5, 0.6) is 5.88 Å². The molecular formula is C12H18N2O2. The van der Waals surface area contributed by atoms with Crippen molar-refractivity contribution >= 4 is 0 Å². The van der Waals surface area contributed by atoms with E-state index in [0.29, 0.717) is 12.4 Å². The van der Waals surface area contributed by atoms with Crippen LogP contribution in [0.15, 0.2) is 12.3 Å². The molecule has 0 spiro atoms. The van der Waals surface area contributed by atoms with Crippen molar-refractivity contribution in [3.8, 4) is 5.88 Å². The van der Waals surface area contributed by atoms with Crippen LogP contribution in [0.1, 0.15) is 24.0 Å². The maximum Gasteiger partial charge on any atom is 0.218 e. The SMILES string of the molecule is Cc1ccnc(OC2CCOCC2)c1CN. The Balaban J connectivity index is 2.10. The first-order valence-corrected chi connectivity index (χ1v) is 5.70. The molecule has 0 atom stereocenters. The summed E-state index contributed by atoms with van der Waals surface area (Å²) in [5, 5.41) is 0. The van der Waals surface area contributed by atoms with E-state index in [1.54, 1.807) is 6.20 Å². The van der Waals surface area contributed by atoms with Crippen molar-refractivity contribution in [3.05, 3.63) is 23.4 Å². The van der Waals surface area contributed by atoms with Gasteiger partial charge >= 0.3 is 0 Å². The number of pyridine rings is 1. The average Bonchev–Trinajstić information content (AvgIpc) is 2.31. The maximum atomic E-state index is 5.89. The predicted molar refractivity (Wildman–Crippen MR) is 61.3 cm³/mol. The molecule has 0 saturated carbocycles. The molecule has 1 fully saturated rings. The summed E-state index contributed by atoms with van der Waals surface area (Å²) in [5.74, 6) is 0.689. The zero-order valence-corrected chi connectivity index (χ0v) is 9.61. The highest BCUT2D eigenvalue weighted by Gasteiger charge is 2.17. The molecule has 0 unspecified atom stereocenters. The zero-order valence-electron chi connectivity index (χ0n) is 9.61. The highest BCUT2D eigenvalue weighted by molar-refractivity contribution is 5.33. The smallest absolute Gasteiger partial charge is 0.218 e. The molecule has 4 heteroatoms. The Hall–Kier alpha value is -1.13. The summed E-state index contributed by atoms with van der Waals surface area (Å²) in [5.41, 5.74) is 7.86. The van der Waals surface area contributed by atoms with Crippen molar-refractivity contribution in [2.45, 2.75) is 32.4 Å². The number of aryl methyl sites for hydroxylation is 1. The molecule has 0 radical (unpaired) electrons. The lowest BCUT2D eigenvalue weighted by atomic mass is 10.1. The third kappa shape index (κ3) is 2.51. The van der Waals surface area contributed by atoms with Gasteiger partial charge < -0.3 is 15.2 Å². The molecule has 1 aliphatic heterocycles. The topological polar surface area (TPSA) is 57.4 Å². The van der Waals surface area contributed by atoms with Crippen LogP contribution in [0.2, 0.25) is 0 Å². The normalized spacial score (nSPS) is 17.4. The standard InChI is InChI=1S/C12H18N2O2/c1-9-2-5-14-12(11(9)8-13)16-10-3-6-15-7-4-10/h2,5,10H,3-4,6-8,13H2,1H3. The van der Waals surface area contributed by atoms with Crippen LogP contribution in [0.3, 0.4) is 0 Å². The minimum Gasteiger partial charge on any atom is -0.474 e. The summed E-state index contributed by atoms with van der Waals surface area (Å²) in [6.45, 7) is 4.04. The van der Waals surface area contributed by atoms with E-state index < -0.39 is 0 Å². The fraction of sp³-hybridized carbons (Fsp3) is 0.583. The van der Waals surface area contributed by atoms with Crippen LogP contribution in [0.4, 0.5) is 0 Å². The molecule has 4 nitrogen and oxygen atoms in total. The van der Waals surface area contributed by atoms with Gasteiger partial charge in [0.1, 0.15) is 6.10 Å². The van der Waals surface area contributed by atoms with Crippen molar-refractivity contribution in [2.24, 2.45) is 5.73 Å². The van der Waals surface area contributed by atoms with Crippen molar-refractivity contribution in [3.63, 3.8) is 0 Å². The molecule has 0 aromatic carbocycles. The van der Waals surface area contributed by atoms with E-state index in [0.717, 1.165) is 37.2 Å². The molecule has 88 valence electrons. The third-order valence-electron chi connectivity index (χ3n) is 2.90. The molecule has 0 amide bonds. The van der Waals surface area contributed by atoms with Gasteiger partial charge in [-0.05, 0) is 18.6 Å². The maximum absolute atomic E-state index is 5.89. The lowest BCUT2D eigenvalue weighted by Crippen LogP contribution is -2.27. The van der Waals surface area contributed by atoms with E-state index in [-0.39, 0.29) is 6.10 Å². The Morgan fingerprint density at radius 2 is 2.25 bits per heavy atom. The molecule has 0 aliphatic carbocycles. The fourth-order valence-electron chi connectivity index (χ4n) is 1.87. The van der Waals surface area contributed by atoms with Crippen molar-refractivity contribution < 1.29 is 9.47 Å². The molecule has 0 bridgehead atoms. The number of aromatic nitrogens is 1. The first kappa shape index (κ1) is 11.4. The Labute approximate surface area is 95.8 Å². The second kappa shape index (κ2) is 5.27. The number of nitrogens with zero attached hydrogens (tertiary/aromatic N) is 1. The van der Waals surface area contributed by atoms with E-state index in [4.69, 9.17) is 15.2 Å². The van der Waals surface area contributed by atoms with E-state index in [9.17, 15) is 0 Å². The van der Waals surface area contributed by atoms with Gasteiger partial charge in [0, 0.05) is 31.1 Å². The van der Waals surface area contributed by atoms with Crippen LogP contribution in [-0.4, -0.2) is 24.3 Å². The average molecular weight is 222 g/mol. The number of ether oxygens (including phenoxy) is 2.